The van der Waals surface area contributed by atoms with Gasteiger partial charge < -0.3 is 19.5 Å². The molecule has 2 bridgehead atoms. The van der Waals surface area contributed by atoms with Gasteiger partial charge in [0.15, 0.2) is 11.5 Å². The zero-order chi connectivity index (χ0) is 15.7. The van der Waals surface area contributed by atoms with Crippen LogP contribution in [0.15, 0.2) is 24.3 Å². The number of benzene rings is 1. The first-order valence-corrected chi connectivity index (χ1v) is 7.45. The van der Waals surface area contributed by atoms with Crippen LogP contribution in [-0.4, -0.2) is 27.2 Å². The molecule has 1 aromatic rings. The minimum absolute atomic E-state index is 0.0612. The molecule has 118 valence electrons. The van der Waals surface area contributed by atoms with Crippen LogP contribution in [0.5, 0.6) is 17.2 Å². The average molecular weight is 303 g/mol. The van der Waals surface area contributed by atoms with E-state index >= 15 is 0 Å². The van der Waals surface area contributed by atoms with Crippen LogP contribution >= 0.6 is 0 Å². The number of allylic oxidation sites excluding steroid dienone is 2. The maximum absolute atomic E-state index is 12.5. The third kappa shape index (κ3) is 2.51. The van der Waals surface area contributed by atoms with Gasteiger partial charge >= 0.3 is 0 Å². The molecule has 1 saturated carbocycles. The van der Waals surface area contributed by atoms with Gasteiger partial charge in [0.25, 0.3) is 0 Å². The van der Waals surface area contributed by atoms with Crippen molar-refractivity contribution in [2.75, 3.05) is 26.6 Å². The van der Waals surface area contributed by atoms with Gasteiger partial charge in [0.2, 0.25) is 11.7 Å². The number of anilines is 1. The SMILES string of the molecule is COc1cc(NC(=O)[C@@H]2C[C@H]3C=C[C@H]2C3)cc(OC)c1OC. The molecule has 0 aromatic heterocycles. The first-order valence-electron chi connectivity index (χ1n) is 7.45. The second-order valence-corrected chi connectivity index (χ2v) is 5.79. The number of nitrogens with one attached hydrogen (secondary N) is 1. The monoisotopic (exact) mass is 303 g/mol. The minimum Gasteiger partial charge on any atom is -0.493 e. The second kappa shape index (κ2) is 5.91. The van der Waals surface area contributed by atoms with Crippen LogP contribution in [-0.2, 0) is 4.79 Å². The fourth-order valence-corrected chi connectivity index (χ4v) is 3.47. The highest BCUT2D eigenvalue weighted by atomic mass is 16.5. The molecular weight excluding hydrogens is 282 g/mol. The lowest BCUT2D eigenvalue weighted by Gasteiger charge is -2.19. The van der Waals surface area contributed by atoms with Crippen molar-refractivity contribution in [2.24, 2.45) is 17.8 Å². The van der Waals surface area contributed by atoms with E-state index in [1.807, 2.05) is 0 Å². The molecule has 22 heavy (non-hydrogen) atoms. The zero-order valence-electron chi connectivity index (χ0n) is 13.1. The highest BCUT2D eigenvalue weighted by Crippen LogP contribution is 2.44. The van der Waals surface area contributed by atoms with Crippen LogP contribution in [0, 0.1) is 17.8 Å². The maximum Gasteiger partial charge on any atom is 0.228 e. The Hall–Kier alpha value is -2.17. The van der Waals surface area contributed by atoms with E-state index in [2.05, 4.69) is 17.5 Å². The average Bonchev–Trinajstić information content (AvgIpc) is 3.16. The van der Waals surface area contributed by atoms with Crippen LogP contribution in [0.2, 0.25) is 0 Å². The molecule has 0 spiro atoms. The third-order valence-corrected chi connectivity index (χ3v) is 4.55. The first-order chi connectivity index (χ1) is 10.7. The molecule has 0 aliphatic heterocycles. The summed E-state index contributed by atoms with van der Waals surface area (Å²) in [7, 11) is 4.67. The van der Waals surface area contributed by atoms with Crippen molar-refractivity contribution in [1.82, 2.24) is 0 Å². The lowest BCUT2D eigenvalue weighted by Crippen LogP contribution is -2.25. The van der Waals surface area contributed by atoms with Crippen LogP contribution in [0.3, 0.4) is 0 Å². The molecule has 5 heteroatoms. The summed E-state index contributed by atoms with van der Waals surface area (Å²) >= 11 is 0. The maximum atomic E-state index is 12.5. The van der Waals surface area contributed by atoms with E-state index in [0.717, 1.165) is 12.8 Å². The molecule has 1 fully saturated rings. The lowest BCUT2D eigenvalue weighted by molar-refractivity contribution is -0.120. The Morgan fingerprint density at radius 3 is 2.18 bits per heavy atom. The number of methoxy groups -OCH3 is 3. The van der Waals surface area contributed by atoms with Crippen molar-refractivity contribution in [1.29, 1.82) is 0 Å². The van der Waals surface area contributed by atoms with Gasteiger partial charge in [-0.1, -0.05) is 12.2 Å². The number of ether oxygens (including phenoxy) is 3. The van der Waals surface area contributed by atoms with Gasteiger partial charge in [-0.25, -0.2) is 0 Å². The van der Waals surface area contributed by atoms with Gasteiger partial charge in [0.05, 0.1) is 21.3 Å². The number of carbonyl (C=O) groups excluding carboxylic acids is 1. The van der Waals surface area contributed by atoms with E-state index in [1.165, 1.54) is 0 Å². The van der Waals surface area contributed by atoms with Gasteiger partial charge in [-0.05, 0) is 24.7 Å². The largest absolute Gasteiger partial charge is 0.493 e. The molecule has 5 nitrogen and oxygen atoms in total. The Labute approximate surface area is 130 Å². The number of amides is 1. The van der Waals surface area contributed by atoms with Gasteiger partial charge in [0, 0.05) is 23.7 Å². The van der Waals surface area contributed by atoms with Crippen LogP contribution < -0.4 is 19.5 Å². The summed E-state index contributed by atoms with van der Waals surface area (Å²) in [6.07, 6.45) is 6.45. The highest BCUT2D eigenvalue weighted by molar-refractivity contribution is 5.94. The number of carbonyl (C=O) groups is 1. The Balaban J connectivity index is 1.80. The van der Waals surface area contributed by atoms with Gasteiger partial charge in [0.1, 0.15) is 0 Å². The van der Waals surface area contributed by atoms with Crippen molar-refractivity contribution >= 4 is 11.6 Å². The predicted octanol–water partition coefficient (Wildman–Crippen LogP) is 2.86. The summed E-state index contributed by atoms with van der Waals surface area (Å²) in [6, 6.07) is 3.50. The lowest BCUT2D eigenvalue weighted by atomic mass is 9.93. The molecule has 3 rings (SSSR count). The quantitative estimate of drug-likeness (QED) is 0.850. The number of fused-ring (bicyclic) bond motifs is 2. The Bertz CT molecular complexity index is 586. The molecule has 0 saturated heterocycles. The summed E-state index contributed by atoms with van der Waals surface area (Å²) in [6.45, 7) is 0. The summed E-state index contributed by atoms with van der Waals surface area (Å²) in [4.78, 5) is 12.5. The zero-order valence-corrected chi connectivity index (χ0v) is 13.1. The van der Waals surface area contributed by atoms with Gasteiger partial charge in [-0.15, -0.1) is 0 Å². The fraction of sp³-hybridized carbons (Fsp3) is 0.471. The minimum atomic E-state index is 0.0612. The van der Waals surface area contributed by atoms with Crippen molar-refractivity contribution in [3.05, 3.63) is 24.3 Å². The van der Waals surface area contributed by atoms with E-state index in [1.54, 1.807) is 33.5 Å². The molecule has 1 aromatic carbocycles. The first kappa shape index (κ1) is 14.8. The fourth-order valence-electron chi connectivity index (χ4n) is 3.47. The van der Waals surface area contributed by atoms with E-state index in [4.69, 9.17) is 14.2 Å². The Morgan fingerprint density at radius 1 is 1.05 bits per heavy atom. The summed E-state index contributed by atoms with van der Waals surface area (Å²) in [5, 5.41) is 2.98. The van der Waals surface area contributed by atoms with E-state index < -0.39 is 0 Å². The van der Waals surface area contributed by atoms with E-state index in [0.29, 0.717) is 34.8 Å². The molecule has 0 unspecified atom stereocenters. The summed E-state index contributed by atoms with van der Waals surface area (Å²) in [5.41, 5.74) is 0.659. The van der Waals surface area contributed by atoms with Gasteiger partial charge in [-0.3, -0.25) is 4.79 Å². The third-order valence-electron chi connectivity index (χ3n) is 4.55. The molecule has 3 atom stereocenters. The van der Waals surface area contributed by atoms with E-state index in [-0.39, 0.29) is 11.8 Å². The molecule has 1 amide bonds. The normalized spacial score (nSPS) is 25.1. The Morgan fingerprint density at radius 2 is 1.73 bits per heavy atom. The van der Waals surface area contributed by atoms with Crippen molar-refractivity contribution in [3.8, 4) is 17.2 Å². The number of rotatable bonds is 5. The smallest absolute Gasteiger partial charge is 0.228 e. The topological polar surface area (TPSA) is 56.8 Å². The highest BCUT2D eigenvalue weighted by Gasteiger charge is 2.39. The molecule has 2 aliphatic rings. The van der Waals surface area contributed by atoms with Crippen LogP contribution in [0.1, 0.15) is 12.8 Å². The van der Waals surface area contributed by atoms with Crippen LogP contribution in [0.25, 0.3) is 0 Å². The van der Waals surface area contributed by atoms with Crippen molar-refractivity contribution < 1.29 is 19.0 Å². The van der Waals surface area contributed by atoms with E-state index in [9.17, 15) is 4.79 Å². The second-order valence-electron chi connectivity index (χ2n) is 5.79. The van der Waals surface area contributed by atoms with Crippen LogP contribution in [0.4, 0.5) is 5.69 Å². The Kier molecular flexibility index (Phi) is 3.96. The van der Waals surface area contributed by atoms with Gasteiger partial charge in [-0.2, -0.15) is 0 Å². The molecular formula is C17H21NO4. The predicted molar refractivity (Wildman–Crippen MR) is 83.6 cm³/mol. The molecule has 0 heterocycles. The standard InChI is InChI=1S/C17H21NO4/c1-20-14-8-12(9-15(21-2)16(14)22-3)18-17(19)13-7-10-4-5-11(13)6-10/h4-5,8-11,13H,6-7H2,1-3H3,(H,18,19)/t10-,11-,13+/m0/s1. The summed E-state index contributed by atoms with van der Waals surface area (Å²) in [5.74, 6) is 2.66. The molecule has 1 N–H and O–H groups in total. The van der Waals surface area contributed by atoms with Crippen molar-refractivity contribution in [3.63, 3.8) is 0 Å². The summed E-state index contributed by atoms with van der Waals surface area (Å²) < 4.78 is 15.9. The van der Waals surface area contributed by atoms with Crippen molar-refractivity contribution in [2.45, 2.75) is 12.8 Å². The molecule has 0 radical (unpaired) electrons. The number of hydrogen-bond acceptors (Lipinski definition) is 4. The molecule has 2 aliphatic carbocycles. The number of hydrogen-bond donors (Lipinski definition) is 1.